The van der Waals surface area contributed by atoms with Gasteiger partial charge in [0.1, 0.15) is 18.1 Å². The van der Waals surface area contributed by atoms with Gasteiger partial charge in [-0.25, -0.2) is 14.0 Å². The van der Waals surface area contributed by atoms with Gasteiger partial charge in [-0.05, 0) is 23.8 Å². The van der Waals surface area contributed by atoms with Gasteiger partial charge in [0.15, 0.2) is 11.6 Å². The van der Waals surface area contributed by atoms with Gasteiger partial charge in [-0.2, -0.15) is 13.9 Å². The van der Waals surface area contributed by atoms with Crippen LogP contribution in [0.5, 0.6) is 5.75 Å². The fraction of sp³-hybridized carbons (Fsp3) is 0.360. The molecule has 2 heterocycles. The van der Waals surface area contributed by atoms with E-state index in [1.807, 2.05) is 29.9 Å². The topological polar surface area (TPSA) is 71.2 Å². The van der Waals surface area contributed by atoms with Crippen LogP contribution in [-0.2, 0) is 13.5 Å². The smallest absolute Gasteiger partial charge is 0.286 e. The summed E-state index contributed by atoms with van der Waals surface area (Å²) in [5.41, 5.74) is 7.59. The molecule has 0 fully saturated rings. The van der Waals surface area contributed by atoms with Crippen LogP contribution in [0.15, 0.2) is 53.9 Å². The van der Waals surface area contributed by atoms with Crippen LogP contribution in [0.2, 0.25) is 0 Å². The molecule has 9 heteroatoms. The number of fused-ring (bicyclic) bond motifs is 1. The van der Waals surface area contributed by atoms with Crippen LogP contribution in [0, 0.1) is 11.6 Å². The molecule has 3 N–H and O–H groups in total. The highest BCUT2D eigenvalue weighted by atomic mass is 19.2. The van der Waals surface area contributed by atoms with Gasteiger partial charge in [-0.1, -0.05) is 13.5 Å². The van der Waals surface area contributed by atoms with E-state index in [4.69, 9.17) is 10.6 Å². The lowest BCUT2D eigenvalue weighted by Crippen LogP contribution is -2.29. The van der Waals surface area contributed by atoms with Crippen molar-refractivity contribution in [1.29, 1.82) is 0 Å². The van der Waals surface area contributed by atoms with E-state index in [2.05, 4.69) is 34.6 Å². The first-order valence-electron chi connectivity index (χ1n) is 11.2. The van der Waals surface area contributed by atoms with E-state index in [0.29, 0.717) is 24.9 Å². The number of aromatic nitrogens is 2. The number of nitrogens with zero attached hydrogens (tertiary/aromatic N) is 4. The molecule has 34 heavy (non-hydrogen) atoms. The Balaban J connectivity index is 1.85. The average Bonchev–Trinajstić information content (AvgIpc) is 3.14. The molecule has 2 aromatic heterocycles. The van der Waals surface area contributed by atoms with Crippen molar-refractivity contribution in [3.63, 3.8) is 0 Å². The minimum Gasteiger partial charge on any atom is -0.489 e. The number of hydrogen-bond acceptors (Lipinski definition) is 5. The minimum atomic E-state index is -1.01. The van der Waals surface area contributed by atoms with Crippen LogP contribution in [0.3, 0.4) is 0 Å². The van der Waals surface area contributed by atoms with Crippen molar-refractivity contribution >= 4 is 11.4 Å². The maximum atomic E-state index is 14.8. The highest BCUT2D eigenvalue weighted by molar-refractivity contribution is 5.99. The second kappa shape index (κ2) is 11.2. The zero-order valence-electron chi connectivity index (χ0n) is 20.2. The molecular weight excluding hydrogens is 438 g/mol. The Kier molecular flexibility index (Phi) is 8.36. The zero-order valence-corrected chi connectivity index (χ0v) is 20.2. The number of ether oxygens (including phenoxy) is 1. The number of hydrazone groups is 1. The lowest BCUT2D eigenvalue weighted by molar-refractivity contribution is -0.644. The van der Waals surface area contributed by atoms with E-state index in [-0.39, 0.29) is 12.4 Å². The Bertz CT molecular complexity index is 1200. The van der Waals surface area contributed by atoms with Crippen molar-refractivity contribution in [1.82, 2.24) is 14.8 Å². The molecule has 182 valence electrons. The first-order chi connectivity index (χ1) is 16.3. The molecule has 3 aromatic rings. The molecular formula is C25H33F2N6O+. The lowest BCUT2D eigenvalue weighted by atomic mass is 10.1. The van der Waals surface area contributed by atoms with E-state index in [9.17, 15) is 8.78 Å². The SMILES string of the molecule is C=C(CCOc1c(-c2ccc3n(c2)c(CC)c[n+]3C)ccc(F)c1F)/C(CCN(C)N)=N\NC. The molecule has 3 rings (SSSR count). The molecule has 0 aliphatic carbocycles. The molecule has 0 spiro atoms. The number of benzene rings is 1. The lowest BCUT2D eigenvalue weighted by Gasteiger charge is -2.15. The number of aryl methyl sites for hydroxylation is 2. The number of halogens is 2. The fourth-order valence-corrected chi connectivity index (χ4v) is 3.83. The Labute approximate surface area is 199 Å². The van der Waals surface area contributed by atoms with Gasteiger partial charge < -0.3 is 10.2 Å². The average molecular weight is 472 g/mol. The zero-order chi connectivity index (χ0) is 24.8. The summed E-state index contributed by atoms with van der Waals surface area (Å²) in [5, 5.41) is 5.82. The van der Waals surface area contributed by atoms with Gasteiger partial charge in [0.2, 0.25) is 5.82 Å². The van der Waals surface area contributed by atoms with Crippen molar-refractivity contribution in [3.05, 3.63) is 66.1 Å². The van der Waals surface area contributed by atoms with E-state index in [1.165, 1.54) is 0 Å². The second-order valence-corrected chi connectivity index (χ2v) is 8.18. The first kappa shape index (κ1) is 25.3. The number of nitrogens with one attached hydrogen (secondary N) is 1. The third-order valence-corrected chi connectivity index (χ3v) is 5.67. The van der Waals surface area contributed by atoms with Crippen LogP contribution in [0.25, 0.3) is 16.8 Å². The Hall–Kier alpha value is -3.30. The summed E-state index contributed by atoms with van der Waals surface area (Å²) in [6, 6.07) is 6.51. The molecule has 1 aromatic carbocycles. The number of hydrogen-bond donors (Lipinski definition) is 2. The molecule has 0 unspecified atom stereocenters. The van der Waals surface area contributed by atoms with Gasteiger partial charge in [0.25, 0.3) is 5.65 Å². The van der Waals surface area contributed by atoms with Crippen molar-refractivity contribution in [2.75, 3.05) is 27.2 Å². The molecule has 0 bridgehead atoms. The monoisotopic (exact) mass is 471 g/mol. The summed E-state index contributed by atoms with van der Waals surface area (Å²) in [6.45, 7) is 6.87. The highest BCUT2D eigenvalue weighted by Crippen LogP contribution is 2.34. The largest absolute Gasteiger partial charge is 0.489 e. The Morgan fingerprint density at radius 3 is 2.71 bits per heavy atom. The normalized spacial score (nSPS) is 11.9. The summed E-state index contributed by atoms with van der Waals surface area (Å²) in [6.07, 6.45) is 5.82. The number of hydrazine groups is 1. The summed E-state index contributed by atoms with van der Waals surface area (Å²) >= 11 is 0. The predicted octanol–water partition coefficient (Wildman–Crippen LogP) is 3.37. The third-order valence-electron chi connectivity index (χ3n) is 5.67. The van der Waals surface area contributed by atoms with Gasteiger partial charge >= 0.3 is 0 Å². The van der Waals surface area contributed by atoms with E-state index in [0.717, 1.165) is 40.7 Å². The highest BCUT2D eigenvalue weighted by Gasteiger charge is 2.20. The predicted molar refractivity (Wildman–Crippen MR) is 130 cm³/mol. The minimum absolute atomic E-state index is 0.115. The standard InChI is InChI=1S/C25H33F2N6O/c1-6-19-16-31(4)23-10-7-18(15-33(19)23)20-8-9-21(26)24(27)25(20)34-14-12-17(2)22(30-29-3)11-13-32(5)28/h7-10,15-16,29H,2,6,11-14,28H2,1,3-5H3/q+1/b30-22-. The molecule has 0 amide bonds. The summed E-state index contributed by atoms with van der Waals surface area (Å²) in [4.78, 5) is 0. The summed E-state index contributed by atoms with van der Waals surface area (Å²) < 4.78 is 38.8. The number of rotatable bonds is 11. The molecule has 0 radical (unpaired) electrons. The summed E-state index contributed by atoms with van der Waals surface area (Å²) in [7, 11) is 5.45. The first-order valence-corrected chi connectivity index (χ1v) is 11.2. The maximum Gasteiger partial charge on any atom is 0.286 e. The van der Waals surface area contributed by atoms with Crippen molar-refractivity contribution in [2.24, 2.45) is 18.0 Å². The quantitative estimate of drug-likeness (QED) is 0.195. The van der Waals surface area contributed by atoms with Crippen molar-refractivity contribution < 1.29 is 18.1 Å². The second-order valence-electron chi connectivity index (χ2n) is 8.18. The van der Waals surface area contributed by atoms with Crippen LogP contribution >= 0.6 is 0 Å². The fourth-order valence-electron chi connectivity index (χ4n) is 3.83. The molecule has 0 saturated carbocycles. The van der Waals surface area contributed by atoms with Crippen LogP contribution in [0.1, 0.15) is 25.5 Å². The van der Waals surface area contributed by atoms with Crippen LogP contribution in [-0.4, -0.2) is 42.4 Å². The van der Waals surface area contributed by atoms with Gasteiger partial charge in [0.05, 0.1) is 19.4 Å². The molecule has 7 nitrogen and oxygen atoms in total. The number of pyridine rings is 1. The van der Waals surface area contributed by atoms with Gasteiger partial charge in [0, 0.05) is 57.1 Å². The maximum absolute atomic E-state index is 14.8. The van der Waals surface area contributed by atoms with Crippen molar-refractivity contribution in [3.8, 4) is 16.9 Å². The number of imidazole rings is 1. The molecule has 0 saturated heterocycles. The Morgan fingerprint density at radius 2 is 2.03 bits per heavy atom. The molecule has 0 aliphatic rings. The van der Waals surface area contributed by atoms with Gasteiger partial charge in [-0.15, -0.1) is 0 Å². The number of nitrogens with two attached hydrogens (primary N) is 1. The summed E-state index contributed by atoms with van der Waals surface area (Å²) in [5.74, 6) is 3.61. The van der Waals surface area contributed by atoms with Gasteiger partial charge in [-0.3, -0.25) is 5.84 Å². The van der Waals surface area contributed by atoms with E-state index < -0.39 is 11.6 Å². The van der Waals surface area contributed by atoms with Crippen molar-refractivity contribution in [2.45, 2.75) is 26.2 Å². The Morgan fingerprint density at radius 1 is 1.26 bits per heavy atom. The molecule has 0 atom stereocenters. The van der Waals surface area contributed by atoms with E-state index >= 15 is 0 Å². The third kappa shape index (κ3) is 5.60. The van der Waals surface area contributed by atoms with Crippen LogP contribution in [0.4, 0.5) is 8.78 Å². The van der Waals surface area contributed by atoms with E-state index in [1.54, 1.807) is 25.2 Å². The molecule has 0 aliphatic heterocycles. The van der Waals surface area contributed by atoms with Crippen LogP contribution < -0.4 is 20.6 Å².